The number of benzene rings is 2. The fraction of sp³-hybridized carbons (Fsp3) is 0.250. The zero-order chi connectivity index (χ0) is 15.8. The van der Waals surface area contributed by atoms with Crippen molar-refractivity contribution in [2.24, 2.45) is 0 Å². The summed E-state index contributed by atoms with van der Waals surface area (Å²) >= 11 is 6.13. The van der Waals surface area contributed by atoms with Crippen molar-refractivity contribution in [1.82, 2.24) is 4.57 Å². The number of nitrogens with zero attached hydrogens (tertiary/aromatic N) is 2. The maximum atomic E-state index is 6.13. The third-order valence-corrected chi connectivity index (χ3v) is 4.82. The normalized spacial score (nSPS) is 12.8. The van der Waals surface area contributed by atoms with E-state index in [1.165, 1.54) is 34.6 Å². The summed E-state index contributed by atoms with van der Waals surface area (Å²) in [6, 6.07) is 17.0. The van der Waals surface area contributed by atoms with E-state index in [4.69, 9.17) is 11.6 Å². The first-order chi connectivity index (χ1) is 11.2. The molecule has 24 heavy (non-hydrogen) atoms. The third-order valence-electron chi connectivity index (χ3n) is 4.58. The average molecular weight is 359 g/mol. The molecule has 2 nitrogen and oxygen atoms in total. The molecule has 1 aliphatic rings. The fourth-order valence-electron chi connectivity index (χ4n) is 3.43. The summed E-state index contributed by atoms with van der Waals surface area (Å²) < 4.78 is 4.85. The summed E-state index contributed by atoms with van der Waals surface area (Å²) in [5.41, 5.74) is 5.16. The van der Waals surface area contributed by atoms with Crippen molar-refractivity contribution in [2.75, 3.05) is 0 Å². The lowest BCUT2D eigenvalue weighted by molar-refractivity contribution is -0.694. The van der Waals surface area contributed by atoms with Crippen LogP contribution in [0.3, 0.4) is 0 Å². The Morgan fingerprint density at radius 3 is 2.67 bits per heavy atom. The molecular formula is C20H20Cl2N2. The van der Waals surface area contributed by atoms with Gasteiger partial charge in [-0.1, -0.05) is 53.6 Å². The molecule has 4 rings (SSSR count). The van der Waals surface area contributed by atoms with Crippen LogP contribution in [-0.4, -0.2) is 4.57 Å². The molecule has 0 spiro atoms. The van der Waals surface area contributed by atoms with Gasteiger partial charge in [-0.05, 0) is 31.0 Å². The molecule has 0 aliphatic carbocycles. The summed E-state index contributed by atoms with van der Waals surface area (Å²) in [6.07, 6.45) is 4.66. The molecule has 0 saturated carbocycles. The van der Waals surface area contributed by atoms with Crippen LogP contribution in [0.15, 0.2) is 54.7 Å². The molecule has 2 aromatic carbocycles. The standard InChI is InChI=1S/C20H20ClN2.ClH/c1-15-7-9-17(10-8-15)19-14-22(20-6-3-11-23(19)20)13-16-4-2-5-18(21)12-16;/h2,4-5,7-10,12,14H,3,6,11,13H2,1H3;1H/q+1;/p-1. The van der Waals surface area contributed by atoms with Gasteiger partial charge < -0.3 is 12.4 Å². The van der Waals surface area contributed by atoms with Gasteiger partial charge in [0, 0.05) is 10.6 Å². The van der Waals surface area contributed by atoms with E-state index in [-0.39, 0.29) is 12.4 Å². The number of rotatable bonds is 3. The minimum absolute atomic E-state index is 0. The predicted octanol–water partition coefficient (Wildman–Crippen LogP) is 1.40. The second-order valence-corrected chi connectivity index (χ2v) is 6.75. The van der Waals surface area contributed by atoms with Gasteiger partial charge in [-0.15, -0.1) is 0 Å². The lowest BCUT2D eigenvalue weighted by atomic mass is 10.1. The van der Waals surface area contributed by atoms with Crippen LogP contribution in [0.25, 0.3) is 11.3 Å². The van der Waals surface area contributed by atoms with Gasteiger partial charge in [0.15, 0.2) is 5.69 Å². The molecule has 0 fully saturated rings. The molecule has 0 N–H and O–H groups in total. The number of imidazole rings is 1. The summed E-state index contributed by atoms with van der Waals surface area (Å²) in [7, 11) is 0. The van der Waals surface area contributed by atoms with Crippen LogP contribution in [0.1, 0.15) is 23.4 Å². The van der Waals surface area contributed by atoms with E-state index in [0.717, 1.165) is 24.5 Å². The zero-order valence-electron chi connectivity index (χ0n) is 13.7. The second kappa shape index (κ2) is 7.00. The number of halogens is 2. The van der Waals surface area contributed by atoms with E-state index < -0.39 is 0 Å². The van der Waals surface area contributed by atoms with E-state index in [0.29, 0.717) is 0 Å². The smallest absolute Gasteiger partial charge is 0.257 e. The third kappa shape index (κ3) is 3.22. The number of aryl methyl sites for hydroxylation is 1. The lowest BCUT2D eigenvalue weighted by Gasteiger charge is -2.00. The quantitative estimate of drug-likeness (QED) is 0.626. The van der Waals surface area contributed by atoms with E-state index in [1.807, 2.05) is 12.1 Å². The van der Waals surface area contributed by atoms with Crippen LogP contribution in [0.4, 0.5) is 0 Å². The van der Waals surface area contributed by atoms with E-state index in [2.05, 4.69) is 58.7 Å². The highest BCUT2D eigenvalue weighted by atomic mass is 35.5. The lowest BCUT2D eigenvalue weighted by Crippen LogP contribution is -3.00. The van der Waals surface area contributed by atoms with Crippen LogP contribution >= 0.6 is 11.6 Å². The van der Waals surface area contributed by atoms with Crippen molar-refractivity contribution in [3.05, 3.63) is 76.7 Å². The molecule has 0 bridgehead atoms. The molecule has 4 heteroatoms. The van der Waals surface area contributed by atoms with Crippen molar-refractivity contribution in [3.8, 4) is 11.3 Å². The zero-order valence-corrected chi connectivity index (χ0v) is 15.2. The molecule has 124 valence electrons. The van der Waals surface area contributed by atoms with Crippen LogP contribution in [-0.2, 0) is 19.5 Å². The van der Waals surface area contributed by atoms with Crippen molar-refractivity contribution in [3.63, 3.8) is 0 Å². The number of aromatic nitrogens is 2. The van der Waals surface area contributed by atoms with Crippen molar-refractivity contribution < 1.29 is 17.0 Å². The number of hydrogen-bond acceptors (Lipinski definition) is 0. The van der Waals surface area contributed by atoms with Gasteiger partial charge in [-0.25, -0.2) is 9.13 Å². The SMILES string of the molecule is Cc1ccc(-c2c[n+](Cc3cccc(Cl)c3)c3n2CCC3)cc1.[Cl-]. The summed E-state index contributed by atoms with van der Waals surface area (Å²) in [6.45, 7) is 4.12. The van der Waals surface area contributed by atoms with Crippen molar-refractivity contribution >= 4 is 11.6 Å². The van der Waals surface area contributed by atoms with E-state index in [9.17, 15) is 0 Å². The van der Waals surface area contributed by atoms with Gasteiger partial charge in [-0.3, -0.25) is 0 Å². The second-order valence-electron chi connectivity index (χ2n) is 6.31. The van der Waals surface area contributed by atoms with Gasteiger partial charge >= 0.3 is 0 Å². The number of fused-ring (bicyclic) bond motifs is 1. The molecule has 1 aliphatic heterocycles. The van der Waals surface area contributed by atoms with Crippen molar-refractivity contribution in [1.29, 1.82) is 0 Å². The largest absolute Gasteiger partial charge is 1.00 e. The van der Waals surface area contributed by atoms with Crippen molar-refractivity contribution in [2.45, 2.75) is 32.9 Å². The highest BCUT2D eigenvalue weighted by molar-refractivity contribution is 6.30. The first-order valence-electron chi connectivity index (χ1n) is 8.14. The Hall–Kier alpha value is -1.77. The van der Waals surface area contributed by atoms with Crippen LogP contribution in [0, 0.1) is 6.92 Å². The topological polar surface area (TPSA) is 8.81 Å². The highest BCUT2D eigenvalue weighted by Crippen LogP contribution is 2.25. The monoisotopic (exact) mass is 358 g/mol. The molecular weight excluding hydrogens is 339 g/mol. The van der Waals surface area contributed by atoms with E-state index >= 15 is 0 Å². The molecule has 0 atom stereocenters. The minimum atomic E-state index is 0. The van der Waals surface area contributed by atoms with Crippen LogP contribution in [0.2, 0.25) is 5.02 Å². The van der Waals surface area contributed by atoms with Gasteiger partial charge in [0.1, 0.15) is 12.7 Å². The highest BCUT2D eigenvalue weighted by Gasteiger charge is 2.28. The molecule has 3 aromatic rings. The summed E-state index contributed by atoms with van der Waals surface area (Å²) in [4.78, 5) is 0. The maximum Gasteiger partial charge on any atom is 0.257 e. The maximum absolute atomic E-state index is 6.13. The van der Waals surface area contributed by atoms with E-state index in [1.54, 1.807) is 0 Å². The van der Waals surface area contributed by atoms with Gasteiger partial charge in [0.05, 0.1) is 13.0 Å². The Balaban J connectivity index is 0.00000169. The Bertz CT molecular complexity index is 851. The molecule has 0 unspecified atom stereocenters. The molecule has 0 amide bonds. The average Bonchev–Trinajstić information content (AvgIpc) is 3.12. The molecule has 0 saturated heterocycles. The van der Waals surface area contributed by atoms with Crippen LogP contribution in [0.5, 0.6) is 0 Å². The Labute approximate surface area is 154 Å². The minimum Gasteiger partial charge on any atom is -1.00 e. The number of hydrogen-bond donors (Lipinski definition) is 0. The first kappa shape index (κ1) is 17.1. The predicted molar refractivity (Wildman–Crippen MR) is 93.7 cm³/mol. The summed E-state index contributed by atoms with van der Waals surface area (Å²) in [5, 5.41) is 0.803. The van der Waals surface area contributed by atoms with Gasteiger partial charge in [-0.2, -0.15) is 0 Å². The van der Waals surface area contributed by atoms with Crippen LogP contribution < -0.4 is 17.0 Å². The first-order valence-corrected chi connectivity index (χ1v) is 8.52. The molecule has 2 heterocycles. The Morgan fingerprint density at radius 2 is 1.92 bits per heavy atom. The Kier molecular flexibility index (Phi) is 4.98. The van der Waals surface area contributed by atoms with Gasteiger partial charge in [0.2, 0.25) is 0 Å². The molecule has 1 aromatic heterocycles. The Morgan fingerprint density at radius 1 is 1.12 bits per heavy atom. The summed E-state index contributed by atoms with van der Waals surface area (Å²) in [5.74, 6) is 1.42. The van der Waals surface area contributed by atoms with Gasteiger partial charge in [0.25, 0.3) is 5.82 Å². The molecule has 0 radical (unpaired) electrons. The fourth-order valence-corrected chi connectivity index (χ4v) is 3.65.